The number of hydrazone groups is 2. The highest BCUT2D eigenvalue weighted by molar-refractivity contribution is 7.80. The minimum atomic E-state index is 0.306. The van der Waals surface area contributed by atoms with E-state index in [0.717, 1.165) is 11.1 Å². The number of thiocarbonyl (C=S) groups is 1. The third-order valence-corrected chi connectivity index (χ3v) is 2.35. The fourth-order valence-corrected chi connectivity index (χ4v) is 1.36. The van der Waals surface area contributed by atoms with Crippen LogP contribution in [-0.2, 0) is 0 Å². The molecule has 0 bridgehead atoms. The zero-order chi connectivity index (χ0) is 14.0. The van der Waals surface area contributed by atoms with Crippen LogP contribution in [0.1, 0.15) is 11.1 Å². The third-order valence-electron chi connectivity index (χ3n) is 2.17. The SMILES string of the molecule is S=C(N/N=C\c1ccncc1)N/N=C/c1ccncc1. The second-order valence-electron chi connectivity index (χ2n) is 3.63. The van der Waals surface area contributed by atoms with Crippen molar-refractivity contribution in [2.24, 2.45) is 10.2 Å². The second-order valence-corrected chi connectivity index (χ2v) is 4.04. The topological polar surface area (TPSA) is 74.6 Å². The number of nitrogens with zero attached hydrogens (tertiary/aromatic N) is 4. The average molecular weight is 284 g/mol. The van der Waals surface area contributed by atoms with E-state index in [-0.39, 0.29) is 0 Å². The maximum absolute atomic E-state index is 5.01. The van der Waals surface area contributed by atoms with E-state index in [1.165, 1.54) is 0 Å². The van der Waals surface area contributed by atoms with Crippen LogP contribution in [0.5, 0.6) is 0 Å². The maximum atomic E-state index is 5.01. The smallest absolute Gasteiger partial charge is 0.207 e. The Morgan fingerprint density at radius 2 is 1.25 bits per heavy atom. The zero-order valence-electron chi connectivity index (χ0n) is 10.5. The van der Waals surface area contributed by atoms with Gasteiger partial charge in [0.25, 0.3) is 0 Å². The molecule has 0 spiro atoms. The molecule has 0 radical (unpaired) electrons. The molecule has 20 heavy (non-hydrogen) atoms. The van der Waals surface area contributed by atoms with Crippen molar-refractivity contribution in [3.8, 4) is 0 Å². The third kappa shape index (κ3) is 4.91. The zero-order valence-corrected chi connectivity index (χ0v) is 11.3. The van der Waals surface area contributed by atoms with Crippen LogP contribution in [0, 0.1) is 0 Å². The van der Waals surface area contributed by atoms with Gasteiger partial charge in [0.2, 0.25) is 5.11 Å². The van der Waals surface area contributed by atoms with Crippen LogP contribution in [0.15, 0.2) is 59.3 Å². The molecule has 2 N–H and O–H groups in total. The highest BCUT2D eigenvalue weighted by Gasteiger charge is 1.90. The van der Waals surface area contributed by atoms with Crippen LogP contribution >= 0.6 is 12.2 Å². The first kappa shape index (κ1) is 13.8. The Kier molecular flexibility index (Phi) is 5.29. The van der Waals surface area contributed by atoms with E-state index in [0.29, 0.717) is 5.11 Å². The van der Waals surface area contributed by atoms with Crippen molar-refractivity contribution < 1.29 is 0 Å². The Labute approximate surface area is 121 Å². The molecule has 0 amide bonds. The molecule has 0 saturated heterocycles. The van der Waals surface area contributed by atoms with E-state index in [2.05, 4.69) is 31.0 Å². The van der Waals surface area contributed by atoms with Crippen LogP contribution in [0.25, 0.3) is 0 Å². The summed E-state index contributed by atoms with van der Waals surface area (Å²) in [6.45, 7) is 0. The van der Waals surface area contributed by atoms with Gasteiger partial charge in [0.05, 0.1) is 12.4 Å². The molecular formula is C13H12N6S. The van der Waals surface area contributed by atoms with Crippen LogP contribution in [0.3, 0.4) is 0 Å². The van der Waals surface area contributed by atoms with Crippen LogP contribution in [0.4, 0.5) is 0 Å². The second kappa shape index (κ2) is 7.70. The van der Waals surface area contributed by atoms with E-state index in [1.807, 2.05) is 24.3 Å². The van der Waals surface area contributed by atoms with Crippen LogP contribution < -0.4 is 10.9 Å². The number of pyridine rings is 2. The van der Waals surface area contributed by atoms with Crippen molar-refractivity contribution in [3.05, 3.63) is 60.2 Å². The standard InChI is InChI=1S/C13H12N6S/c20-13(18-16-9-11-1-5-14-6-2-11)19-17-10-12-3-7-15-8-4-12/h1-10H,(H2,18,19,20)/b16-9-,17-10+. The Hall–Kier alpha value is -2.67. The number of aromatic nitrogens is 2. The number of hydrogen-bond donors (Lipinski definition) is 2. The first-order valence-corrected chi connectivity index (χ1v) is 6.17. The molecule has 0 aromatic carbocycles. The van der Waals surface area contributed by atoms with E-state index < -0.39 is 0 Å². The van der Waals surface area contributed by atoms with E-state index in [4.69, 9.17) is 12.2 Å². The Morgan fingerprint density at radius 3 is 1.65 bits per heavy atom. The van der Waals surface area contributed by atoms with Gasteiger partial charge in [0, 0.05) is 24.8 Å². The predicted molar refractivity (Wildman–Crippen MR) is 82.5 cm³/mol. The lowest BCUT2D eigenvalue weighted by Gasteiger charge is -2.00. The molecule has 0 saturated carbocycles. The molecule has 6 nitrogen and oxygen atoms in total. The number of hydrogen-bond acceptors (Lipinski definition) is 5. The van der Waals surface area contributed by atoms with Gasteiger partial charge in [-0.2, -0.15) is 10.2 Å². The highest BCUT2D eigenvalue weighted by Crippen LogP contribution is 1.91. The quantitative estimate of drug-likeness (QED) is 0.503. The number of nitrogens with one attached hydrogen (secondary N) is 2. The lowest BCUT2D eigenvalue weighted by Crippen LogP contribution is -2.28. The fraction of sp³-hybridized carbons (Fsp3) is 0. The summed E-state index contributed by atoms with van der Waals surface area (Å²) in [6, 6.07) is 7.35. The molecule has 0 aliphatic carbocycles. The lowest BCUT2D eigenvalue weighted by atomic mass is 10.3. The van der Waals surface area contributed by atoms with Gasteiger partial charge in [-0.15, -0.1) is 0 Å². The Bertz CT molecular complexity index is 543. The van der Waals surface area contributed by atoms with Crippen molar-refractivity contribution in [1.82, 2.24) is 20.8 Å². The molecule has 0 fully saturated rings. The van der Waals surface area contributed by atoms with Gasteiger partial charge < -0.3 is 0 Å². The molecule has 2 aromatic heterocycles. The van der Waals surface area contributed by atoms with Gasteiger partial charge in [-0.1, -0.05) is 0 Å². The van der Waals surface area contributed by atoms with Crippen molar-refractivity contribution in [3.63, 3.8) is 0 Å². The molecule has 7 heteroatoms. The highest BCUT2D eigenvalue weighted by atomic mass is 32.1. The van der Waals surface area contributed by atoms with Crippen molar-refractivity contribution >= 4 is 29.8 Å². The van der Waals surface area contributed by atoms with Crippen molar-refractivity contribution in [2.75, 3.05) is 0 Å². The average Bonchev–Trinajstić information content (AvgIpc) is 2.49. The molecule has 2 aromatic rings. The van der Waals surface area contributed by atoms with Crippen molar-refractivity contribution in [1.29, 1.82) is 0 Å². The summed E-state index contributed by atoms with van der Waals surface area (Å²) in [6.07, 6.45) is 10.0. The van der Waals surface area contributed by atoms with Crippen LogP contribution in [0.2, 0.25) is 0 Å². The van der Waals surface area contributed by atoms with E-state index in [1.54, 1.807) is 37.2 Å². The van der Waals surface area contributed by atoms with Gasteiger partial charge in [0.15, 0.2) is 0 Å². The minimum Gasteiger partial charge on any atom is -0.265 e. The maximum Gasteiger partial charge on any atom is 0.207 e. The van der Waals surface area contributed by atoms with Gasteiger partial charge in [0.1, 0.15) is 0 Å². The Morgan fingerprint density at radius 1 is 0.850 bits per heavy atom. The molecule has 100 valence electrons. The van der Waals surface area contributed by atoms with E-state index in [9.17, 15) is 0 Å². The first-order chi connectivity index (χ1) is 9.84. The largest absolute Gasteiger partial charge is 0.265 e. The predicted octanol–water partition coefficient (Wildman–Crippen LogP) is 1.31. The molecule has 2 rings (SSSR count). The summed E-state index contributed by atoms with van der Waals surface area (Å²) in [7, 11) is 0. The summed E-state index contributed by atoms with van der Waals surface area (Å²) < 4.78 is 0. The Balaban J connectivity index is 1.76. The molecule has 0 aliphatic heterocycles. The van der Waals surface area contributed by atoms with E-state index >= 15 is 0 Å². The number of rotatable bonds is 4. The van der Waals surface area contributed by atoms with Gasteiger partial charge in [-0.25, -0.2) is 0 Å². The monoisotopic (exact) mass is 284 g/mol. The van der Waals surface area contributed by atoms with Crippen molar-refractivity contribution in [2.45, 2.75) is 0 Å². The minimum absolute atomic E-state index is 0.306. The van der Waals surface area contributed by atoms with Crippen LogP contribution in [-0.4, -0.2) is 27.5 Å². The fourth-order valence-electron chi connectivity index (χ4n) is 1.25. The summed E-state index contributed by atoms with van der Waals surface area (Å²) in [5.41, 5.74) is 7.17. The molecule has 0 atom stereocenters. The molecule has 2 heterocycles. The molecular weight excluding hydrogens is 272 g/mol. The molecule has 0 aliphatic rings. The van der Waals surface area contributed by atoms with Gasteiger partial charge in [-0.05, 0) is 47.6 Å². The lowest BCUT2D eigenvalue weighted by molar-refractivity contribution is 0.934. The van der Waals surface area contributed by atoms with Gasteiger partial charge in [-0.3, -0.25) is 20.8 Å². The molecule has 0 unspecified atom stereocenters. The first-order valence-electron chi connectivity index (χ1n) is 5.77. The summed E-state index contributed by atoms with van der Waals surface area (Å²) >= 11 is 5.01. The summed E-state index contributed by atoms with van der Waals surface area (Å²) in [5, 5.41) is 8.26. The summed E-state index contributed by atoms with van der Waals surface area (Å²) in [4.78, 5) is 7.83. The summed E-state index contributed by atoms with van der Waals surface area (Å²) in [5.74, 6) is 0. The van der Waals surface area contributed by atoms with Gasteiger partial charge >= 0.3 is 0 Å². The normalized spacial score (nSPS) is 10.8.